The number of nitrogens with zero attached hydrogens (tertiary/aromatic N) is 1. The molecule has 0 aliphatic heterocycles. The van der Waals surface area contributed by atoms with Gasteiger partial charge in [-0.25, -0.2) is 0 Å². The van der Waals surface area contributed by atoms with Crippen molar-refractivity contribution in [1.29, 1.82) is 0 Å². The molecule has 0 N–H and O–H groups in total. The van der Waals surface area contributed by atoms with Gasteiger partial charge in [-0.3, -0.25) is 0 Å². The van der Waals surface area contributed by atoms with Crippen molar-refractivity contribution in [3.8, 4) is 0 Å². The first-order chi connectivity index (χ1) is 6.59. The fraction of sp³-hybridized carbons (Fsp3) is 1.00. The van der Waals surface area contributed by atoms with Gasteiger partial charge >= 0.3 is 0 Å². The zero-order valence-electron chi connectivity index (χ0n) is 9.85. The highest BCUT2D eigenvalue weighted by Crippen LogP contribution is 2.38. The van der Waals surface area contributed by atoms with Crippen LogP contribution in [0.2, 0.25) is 0 Å². The molecule has 0 heterocycles. The third-order valence-electron chi connectivity index (χ3n) is 3.66. The van der Waals surface area contributed by atoms with E-state index in [1.165, 1.54) is 44.0 Å². The van der Waals surface area contributed by atoms with Crippen molar-refractivity contribution >= 4 is 15.9 Å². The van der Waals surface area contributed by atoms with Crippen molar-refractivity contribution in [2.45, 2.75) is 52.0 Å². The van der Waals surface area contributed by atoms with E-state index in [0.717, 1.165) is 0 Å². The van der Waals surface area contributed by atoms with E-state index in [4.69, 9.17) is 0 Å². The number of halogens is 1. The SMILES string of the molecule is CC(C)N(C)CC1(CBr)CCCCC1. The summed E-state index contributed by atoms with van der Waals surface area (Å²) in [5, 5.41) is 1.18. The van der Waals surface area contributed by atoms with Crippen LogP contribution in [0.3, 0.4) is 0 Å². The largest absolute Gasteiger partial charge is 0.303 e. The molecular weight excluding hydrogens is 238 g/mol. The topological polar surface area (TPSA) is 3.24 Å². The molecule has 1 aliphatic carbocycles. The highest BCUT2D eigenvalue weighted by atomic mass is 79.9. The molecule has 0 amide bonds. The summed E-state index contributed by atoms with van der Waals surface area (Å²) in [6, 6.07) is 0.674. The molecule has 0 aromatic heterocycles. The van der Waals surface area contributed by atoms with Crippen LogP contribution in [0.25, 0.3) is 0 Å². The molecule has 2 heteroatoms. The molecule has 0 spiro atoms. The van der Waals surface area contributed by atoms with Gasteiger partial charge in [-0.15, -0.1) is 0 Å². The summed E-state index contributed by atoms with van der Waals surface area (Å²) in [5.74, 6) is 0. The first-order valence-electron chi connectivity index (χ1n) is 5.86. The van der Waals surface area contributed by atoms with Crippen molar-refractivity contribution in [2.24, 2.45) is 5.41 Å². The van der Waals surface area contributed by atoms with Gasteiger partial charge in [0.15, 0.2) is 0 Å². The van der Waals surface area contributed by atoms with Gasteiger partial charge in [0, 0.05) is 17.9 Å². The van der Waals surface area contributed by atoms with Crippen LogP contribution < -0.4 is 0 Å². The van der Waals surface area contributed by atoms with Gasteiger partial charge in [-0.1, -0.05) is 35.2 Å². The van der Waals surface area contributed by atoms with Gasteiger partial charge in [0.2, 0.25) is 0 Å². The minimum absolute atomic E-state index is 0.567. The molecule has 1 fully saturated rings. The molecule has 0 bridgehead atoms. The van der Waals surface area contributed by atoms with Gasteiger partial charge in [0.1, 0.15) is 0 Å². The Labute approximate surface area is 97.4 Å². The minimum atomic E-state index is 0.567. The van der Waals surface area contributed by atoms with Crippen molar-refractivity contribution in [2.75, 3.05) is 18.9 Å². The fourth-order valence-corrected chi connectivity index (χ4v) is 3.09. The molecule has 0 saturated heterocycles. The Morgan fingerprint density at radius 1 is 1.21 bits per heavy atom. The van der Waals surface area contributed by atoms with Crippen LogP contribution in [-0.2, 0) is 0 Å². The molecule has 84 valence electrons. The number of hydrogen-bond acceptors (Lipinski definition) is 1. The summed E-state index contributed by atoms with van der Waals surface area (Å²) >= 11 is 3.72. The van der Waals surface area contributed by atoms with Crippen LogP contribution in [0.4, 0.5) is 0 Å². The molecule has 1 saturated carbocycles. The summed E-state index contributed by atoms with van der Waals surface area (Å²) in [7, 11) is 2.25. The van der Waals surface area contributed by atoms with Crippen molar-refractivity contribution in [1.82, 2.24) is 4.90 Å². The van der Waals surface area contributed by atoms with E-state index < -0.39 is 0 Å². The highest BCUT2D eigenvalue weighted by molar-refractivity contribution is 9.09. The summed E-state index contributed by atoms with van der Waals surface area (Å²) in [4.78, 5) is 2.49. The second-order valence-corrected chi connectivity index (χ2v) is 5.76. The van der Waals surface area contributed by atoms with Crippen LogP contribution in [-0.4, -0.2) is 29.9 Å². The van der Waals surface area contributed by atoms with Crippen LogP contribution in [0.15, 0.2) is 0 Å². The lowest BCUT2D eigenvalue weighted by Gasteiger charge is -2.40. The molecular formula is C12H24BrN. The van der Waals surface area contributed by atoms with E-state index in [2.05, 4.69) is 41.7 Å². The van der Waals surface area contributed by atoms with Crippen LogP contribution in [0.1, 0.15) is 46.0 Å². The Balaban J connectivity index is 2.51. The summed E-state index contributed by atoms with van der Waals surface area (Å²) in [6.07, 6.45) is 7.12. The lowest BCUT2D eigenvalue weighted by atomic mass is 9.75. The second-order valence-electron chi connectivity index (χ2n) is 5.20. The maximum Gasteiger partial charge on any atom is 0.0100 e. The molecule has 0 aromatic carbocycles. The average Bonchev–Trinajstić information content (AvgIpc) is 2.19. The molecule has 1 rings (SSSR count). The lowest BCUT2D eigenvalue weighted by molar-refractivity contribution is 0.126. The van der Waals surface area contributed by atoms with Crippen LogP contribution in [0, 0.1) is 5.41 Å². The van der Waals surface area contributed by atoms with E-state index >= 15 is 0 Å². The van der Waals surface area contributed by atoms with E-state index in [-0.39, 0.29) is 0 Å². The number of alkyl halides is 1. The zero-order valence-corrected chi connectivity index (χ0v) is 11.4. The van der Waals surface area contributed by atoms with Crippen molar-refractivity contribution < 1.29 is 0 Å². The average molecular weight is 262 g/mol. The van der Waals surface area contributed by atoms with Crippen molar-refractivity contribution in [3.63, 3.8) is 0 Å². The molecule has 14 heavy (non-hydrogen) atoms. The predicted octanol–water partition coefficient (Wildman–Crippen LogP) is 3.67. The zero-order chi connectivity index (χ0) is 10.6. The van der Waals surface area contributed by atoms with Gasteiger partial charge in [-0.2, -0.15) is 0 Å². The summed E-state index contributed by atoms with van der Waals surface area (Å²) < 4.78 is 0. The normalized spacial score (nSPS) is 21.9. The molecule has 0 atom stereocenters. The van der Waals surface area contributed by atoms with Gasteiger partial charge in [0.05, 0.1) is 0 Å². The smallest absolute Gasteiger partial charge is 0.0100 e. The molecule has 1 nitrogen and oxygen atoms in total. The first kappa shape index (κ1) is 12.5. The standard InChI is InChI=1S/C12H24BrN/c1-11(2)14(3)10-12(9-13)7-5-4-6-8-12/h11H,4-10H2,1-3H3. The second kappa shape index (κ2) is 5.50. The summed E-state index contributed by atoms with van der Waals surface area (Å²) in [5.41, 5.74) is 0.567. The Kier molecular flexibility index (Phi) is 4.92. The third kappa shape index (κ3) is 3.23. The number of hydrogen-bond donors (Lipinski definition) is 0. The lowest BCUT2D eigenvalue weighted by Crippen LogP contribution is -2.41. The van der Waals surface area contributed by atoms with E-state index in [1.54, 1.807) is 0 Å². The highest BCUT2D eigenvalue weighted by Gasteiger charge is 2.32. The summed E-state index contributed by atoms with van der Waals surface area (Å²) in [6.45, 7) is 5.82. The Bertz CT molecular complexity index is 162. The van der Waals surface area contributed by atoms with E-state index in [1.807, 2.05) is 0 Å². The van der Waals surface area contributed by atoms with E-state index in [0.29, 0.717) is 11.5 Å². The Morgan fingerprint density at radius 2 is 1.79 bits per heavy atom. The predicted molar refractivity (Wildman–Crippen MR) is 67.1 cm³/mol. The van der Waals surface area contributed by atoms with Crippen LogP contribution in [0.5, 0.6) is 0 Å². The molecule has 0 unspecified atom stereocenters. The Morgan fingerprint density at radius 3 is 2.21 bits per heavy atom. The first-order valence-corrected chi connectivity index (χ1v) is 6.98. The maximum atomic E-state index is 3.72. The molecule has 0 radical (unpaired) electrons. The fourth-order valence-electron chi connectivity index (χ4n) is 2.35. The quantitative estimate of drug-likeness (QED) is 0.699. The van der Waals surface area contributed by atoms with Crippen LogP contribution >= 0.6 is 15.9 Å². The van der Waals surface area contributed by atoms with Gasteiger partial charge in [-0.05, 0) is 39.2 Å². The van der Waals surface area contributed by atoms with Gasteiger partial charge in [0.25, 0.3) is 0 Å². The Hall–Kier alpha value is 0.440. The van der Waals surface area contributed by atoms with E-state index in [9.17, 15) is 0 Å². The maximum absolute atomic E-state index is 3.72. The number of rotatable bonds is 4. The third-order valence-corrected chi connectivity index (χ3v) is 4.85. The minimum Gasteiger partial charge on any atom is -0.303 e. The molecule has 0 aromatic rings. The van der Waals surface area contributed by atoms with Gasteiger partial charge < -0.3 is 4.90 Å². The monoisotopic (exact) mass is 261 g/mol. The van der Waals surface area contributed by atoms with Crippen molar-refractivity contribution in [3.05, 3.63) is 0 Å². The molecule has 1 aliphatic rings.